The van der Waals surface area contributed by atoms with E-state index in [2.05, 4.69) is 9.72 Å². The minimum absolute atomic E-state index is 0.00420. The zero-order valence-corrected chi connectivity index (χ0v) is 16.0. The van der Waals surface area contributed by atoms with Crippen LogP contribution < -0.4 is 4.74 Å². The van der Waals surface area contributed by atoms with Crippen molar-refractivity contribution in [1.29, 1.82) is 0 Å². The standard InChI is InChI=1S/C24H16F3NO3/c25-24(26,27)31-17-7-5-6-15(12-17)16-13-20(18-8-1-3-10-22(18)29)28-21(14-16)19-9-2-4-11-23(19)30/h1-14,29-30H. The van der Waals surface area contributed by atoms with Crippen LogP contribution in [0.5, 0.6) is 17.2 Å². The van der Waals surface area contributed by atoms with E-state index in [1.807, 2.05) is 0 Å². The van der Waals surface area contributed by atoms with E-state index in [9.17, 15) is 23.4 Å². The summed E-state index contributed by atoms with van der Waals surface area (Å²) in [6, 6.07) is 22.1. The molecule has 0 aliphatic rings. The van der Waals surface area contributed by atoms with Crippen molar-refractivity contribution in [3.05, 3.63) is 84.9 Å². The number of ether oxygens (including phenoxy) is 1. The highest BCUT2D eigenvalue weighted by Crippen LogP contribution is 2.37. The molecule has 2 N–H and O–H groups in total. The Balaban J connectivity index is 1.90. The number of halogens is 3. The number of hydrogen-bond acceptors (Lipinski definition) is 4. The third kappa shape index (κ3) is 4.61. The first-order valence-corrected chi connectivity index (χ1v) is 9.25. The predicted octanol–water partition coefficient (Wildman–Crippen LogP) is 6.39. The Morgan fingerprint density at radius 1 is 0.645 bits per heavy atom. The maximum Gasteiger partial charge on any atom is 0.573 e. The lowest BCUT2D eigenvalue weighted by molar-refractivity contribution is -0.274. The van der Waals surface area contributed by atoms with Crippen LogP contribution in [-0.4, -0.2) is 21.6 Å². The normalized spacial score (nSPS) is 11.3. The van der Waals surface area contributed by atoms with Crippen LogP contribution in [0.15, 0.2) is 84.9 Å². The van der Waals surface area contributed by atoms with E-state index in [4.69, 9.17) is 0 Å². The summed E-state index contributed by atoms with van der Waals surface area (Å²) in [4.78, 5) is 4.57. The Morgan fingerprint density at radius 3 is 1.71 bits per heavy atom. The minimum Gasteiger partial charge on any atom is -0.507 e. The van der Waals surface area contributed by atoms with Crippen molar-refractivity contribution in [1.82, 2.24) is 4.98 Å². The lowest BCUT2D eigenvalue weighted by Crippen LogP contribution is -2.17. The Bertz CT molecular complexity index is 1170. The summed E-state index contributed by atoms with van der Waals surface area (Å²) in [6.07, 6.45) is -4.81. The van der Waals surface area contributed by atoms with Gasteiger partial charge in [-0.1, -0.05) is 36.4 Å². The predicted molar refractivity (Wildman–Crippen MR) is 111 cm³/mol. The zero-order chi connectivity index (χ0) is 22.0. The summed E-state index contributed by atoms with van der Waals surface area (Å²) >= 11 is 0. The number of rotatable bonds is 4. The second-order valence-corrected chi connectivity index (χ2v) is 6.74. The summed E-state index contributed by atoms with van der Waals surface area (Å²) in [5, 5.41) is 20.6. The Morgan fingerprint density at radius 2 is 1.19 bits per heavy atom. The number of phenols is 2. The van der Waals surface area contributed by atoms with E-state index < -0.39 is 6.36 Å². The van der Waals surface area contributed by atoms with E-state index in [-0.39, 0.29) is 17.2 Å². The SMILES string of the molecule is Oc1ccccc1-c1cc(-c2cccc(OC(F)(F)F)c2)cc(-c2ccccc2O)n1. The molecule has 4 nitrogen and oxygen atoms in total. The van der Waals surface area contributed by atoms with Crippen molar-refractivity contribution in [2.45, 2.75) is 6.36 Å². The lowest BCUT2D eigenvalue weighted by Gasteiger charge is -2.13. The van der Waals surface area contributed by atoms with Gasteiger partial charge in [0.2, 0.25) is 0 Å². The molecular weight excluding hydrogens is 407 g/mol. The van der Waals surface area contributed by atoms with Crippen LogP contribution in [0.1, 0.15) is 0 Å². The minimum atomic E-state index is -4.81. The van der Waals surface area contributed by atoms with Crippen molar-refractivity contribution >= 4 is 0 Å². The number of phenolic OH excluding ortho intramolecular Hbond substituents is 2. The molecule has 31 heavy (non-hydrogen) atoms. The topological polar surface area (TPSA) is 62.6 Å². The summed E-state index contributed by atoms with van der Waals surface area (Å²) in [7, 11) is 0. The fraction of sp³-hybridized carbons (Fsp3) is 0.0417. The molecule has 4 rings (SSSR count). The molecule has 0 saturated heterocycles. The van der Waals surface area contributed by atoms with Crippen LogP contribution in [0.3, 0.4) is 0 Å². The van der Waals surface area contributed by atoms with Crippen molar-refractivity contribution in [2.24, 2.45) is 0 Å². The molecule has 0 aliphatic heterocycles. The summed E-state index contributed by atoms with van der Waals surface area (Å²) in [6.45, 7) is 0. The van der Waals surface area contributed by atoms with Gasteiger partial charge < -0.3 is 14.9 Å². The average molecular weight is 423 g/mol. The molecule has 0 fully saturated rings. The second-order valence-electron chi connectivity index (χ2n) is 6.74. The fourth-order valence-electron chi connectivity index (χ4n) is 3.23. The Hall–Kier alpha value is -4.00. The van der Waals surface area contributed by atoms with Crippen molar-refractivity contribution in [3.63, 3.8) is 0 Å². The summed E-state index contributed by atoms with van der Waals surface area (Å²) < 4.78 is 42.0. The third-order valence-electron chi connectivity index (χ3n) is 4.59. The molecule has 0 aliphatic carbocycles. The molecule has 1 heterocycles. The smallest absolute Gasteiger partial charge is 0.507 e. The van der Waals surface area contributed by atoms with Crippen LogP contribution >= 0.6 is 0 Å². The number of hydrogen-bond donors (Lipinski definition) is 2. The summed E-state index contributed by atoms with van der Waals surface area (Å²) in [5.74, 6) is -0.343. The molecule has 3 aromatic carbocycles. The first kappa shape index (κ1) is 20.3. The zero-order valence-electron chi connectivity index (χ0n) is 16.0. The fourth-order valence-corrected chi connectivity index (χ4v) is 3.23. The van der Waals surface area contributed by atoms with Gasteiger partial charge in [0.25, 0.3) is 0 Å². The molecule has 0 atom stereocenters. The number of aromatic nitrogens is 1. The van der Waals surface area contributed by atoms with E-state index in [0.29, 0.717) is 33.6 Å². The number of benzene rings is 3. The van der Waals surface area contributed by atoms with Crippen LogP contribution in [0.4, 0.5) is 13.2 Å². The average Bonchev–Trinajstić information content (AvgIpc) is 2.73. The number of nitrogens with zero attached hydrogens (tertiary/aromatic N) is 1. The van der Waals surface area contributed by atoms with Gasteiger partial charge in [0.1, 0.15) is 17.2 Å². The Labute approximate surface area is 175 Å². The molecule has 0 bridgehead atoms. The molecule has 7 heteroatoms. The van der Waals surface area contributed by atoms with E-state index >= 15 is 0 Å². The number of alkyl halides is 3. The van der Waals surface area contributed by atoms with E-state index in [0.717, 1.165) is 0 Å². The first-order valence-electron chi connectivity index (χ1n) is 9.25. The van der Waals surface area contributed by atoms with Crippen LogP contribution in [-0.2, 0) is 0 Å². The van der Waals surface area contributed by atoms with Gasteiger partial charge in [0, 0.05) is 11.1 Å². The van der Waals surface area contributed by atoms with Gasteiger partial charge in [-0.2, -0.15) is 0 Å². The molecule has 1 aromatic heterocycles. The molecule has 0 spiro atoms. The van der Waals surface area contributed by atoms with Gasteiger partial charge in [-0.05, 0) is 59.7 Å². The highest BCUT2D eigenvalue weighted by molar-refractivity contribution is 5.80. The highest BCUT2D eigenvalue weighted by Gasteiger charge is 2.31. The van der Waals surface area contributed by atoms with Crippen molar-refractivity contribution in [3.8, 4) is 50.9 Å². The van der Waals surface area contributed by atoms with E-state index in [1.54, 1.807) is 54.6 Å². The third-order valence-corrected chi connectivity index (χ3v) is 4.59. The van der Waals surface area contributed by atoms with Crippen LogP contribution in [0.2, 0.25) is 0 Å². The maximum absolute atomic E-state index is 12.6. The van der Waals surface area contributed by atoms with Crippen LogP contribution in [0.25, 0.3) is 33.6 Å². The number of aromatic hydroxyl groups is 2. The monoisotopic (exact) mass is 423 g/mol. The lowest BCUT2D eigenvalue weighted by atomic mass is 9.99. The molecule has 156 valence electrons. The Kier molecular flexibility index (Phi) is 5.25. The van der Waals surface area contributed by atoms with Gasteiger partial charge in [0.05, 0.1) is 11.4 Å². The molecule has 0 radical (unpaired) electrons. The van der Waals surface area contributed by atoms with Crippen molar-refractivity contribution in [2.75, 3.05) is 0 Å². The van der Waals surface area contributed by atoms with Gasteiger partial charge in [-0.3, -0.25) is 0 Å². The van der Waals surface area contributed by atoms with E-state index in [1.165, 1.54) is 30.3 Å². The van der Waals surface area contributed by atoms with Gasteiger partial charge in [-0.15, -0.1) is 13.2 Å². The quantitative estimate of drug-likeness (QED) is 0.399. The van der Waals surface area contributed by atoms with Crippen LogP contribution in [0, 0.1) is 0 Å². The maximum atomic E-state index is 12.6. The molecule has 0 saturated carbocycles. The molecule has 0 amide bonds. The largest absolute Gasteiger partial charge is 0.573 e. The summed E-state index contributed by atoms with van der Waals surface area (Å²) in [5.41, 5.74) is 2.69. The van der Waals surface area contributed by atoms with Gasteiger partial charge >= 0.3 is 6.36 Å². The second kappa shape index (κ2) is 8.02. The highest BCUT2D eigenvalue weighted by atomic mass is 19.4. The number of pyridine rings is 1. The van der Waals surface area contributed by atoms with Crippen molar-refractivity contribution < 1.29 is 28.1 Å². The van der Waals surface area contributed by atoms with Gasteiger partial charge in [0.15, 0.2) is 0 Å². The molecular formula is C24H16F3NO3. The van der Waals surface area contributed by atoms with Gasteiger partial charge in [-0.25, -0.2) is 4.98 Å². The molecule has 4 aromatic rings. The first-order chi connectivity index (χ1) is 14.8. The molecule has 0 unspecified atom stereocenters. The number of para-hydroxylation sites is 2.